The quantitative estimate of drug-likeness (QED) is 0.639. The summed E-state index contributed by atoms with van der Waals surface area (Å²) in [7, 11) is 0. The first kappa shape index (κ1) is 9.71. The third-order valence-corrected chi connectivity index (χ3v) is 3.55. The van der Waals surface area contributed by atoms with Gasteiger partial charge in [-0.15, -0.1) is 0 Å². The molecule has 1 heteroatoms. The minimum Gasteiger partial charge on any atom is -0.482 e. The van der Waals surface area contributed by atoms with Gasteiger partial charge in [-0.3, -0.25) is 0 Å². The zero-order chi connectivity index (χ0) is 11.5. The molecule has 1 nitrogen and oxygen atoms in total. The van der Waals surface area contributed by atoms with Crippen molar-refractivity contribution in [3.8, 4) is 5.75 Å². The zero-order valence-corrected chi connectivity index (χ0v) is 10.2. The van der Waals surface area contributed by atoms with Crippen LogP contribution in [0.1, 0.15) is 30.5 Å². The average molecular weight is 212 g/mol. The summed E-state index contributed by atoms with van der Waals surface area (Å²) in [5.74, 6) is 1.07. The van der Waals surface area contributed by atoms with Crippen molar-refractivity contribution in [3.05, 3.63) is 41.0 Å². The molecule has 16 heavy (non-hydrogen) atoms. The average Bonchev–Trinajstić information content (AvgIpc) is 2.49. The van der Waals surface area contributed by atoms with Crippen LogP contribution < -0.4 is 4.74 Å². The SMILES string of the molecule is Cc1ccc2c(C)ccc3c2c1OC3(C)C. The molecule has 3 rings (SSSR count). The van der Waals surface area contributed by atoms with E-state index in [0.717, 1.165) is 5.75 Å². The van der Waals surface area contributed by atoms with Crippen LogP contribution in [-0.4, -0.2) is 0 Å². The molecule has 0 aliphatic carbocycles. The first-order valence-corrected chi connectivity index (χ1v) is 5.73. The largest absolute Gasteiger partial charge is 0.482 e. The molecule has 0 unspecified atom stereocenters. The van der Waals surface area contributed by atoms with E-state index in [9.17, 15) is 0 Å². The van der Waals surface area contributed by atoms with Crippen molar-refractivity contribution in [1.29, 1.82) is 0 Å². The number of rotatable bonds is 0. The number of hydrogen-bond acceptors (Lipinski definition) is 1. The Morgan fingerprint density at radius 2 is 1.62 bits per heavy atom. The van der Waals surface area contributed by atoms with Gasteiger partial charge in [0.15, 0.2) is 0 Å². The highest BCUT2D eigenvalue weighted by atomic mass is 16.5. The smallest absolute Gasteiger partial charge is 0.131 e. The lowest BCUT2D eigenvalue weighted by molar-refractivity contribution is 0.124. The third kappa shape index (κ3) is 1.06. The molecule has 0 N–H and O–H groups in total. The van der Waals surface area contributed by atoms with Crippen LogP contribution in [0.4, 0.5) is 0 Å². The van der Waals surface area contributed by atoms with Crippen molar-refractivity contribution in [3.63, 3.8) is 0 Å². The highest BCUT2D eigenvalue weighted by Crippen LogP contribution is 2.46. The minimum atomic E-state index is -0.194. The predicted octanol–water partition coefficient (Wildman–Crippen LogP) is 4.08. The first-order valence-electron chi connectivity index (χ1n) is 5.73. The van der Waals surface area contributed by atoms with Crippen molar-refractivity contribution in [2.45, 2.75) is 33.3 Å². The number of ether oxygens (including phenoxy) is 1. The van der Waals surface area contributed by atoms with E-state index in [4.69, 9.17) is 4.74 Å². The Kier molecular flexibility index (Phi) is 1.69. The molecule has 0 aromatic heterocycles. The maximum Gasteiger partial charge on any atom is 0.131 e. The number of hydrogen-bond donors (Lipinski definition) is 0. The molecule has 0 radical (unpaired) electrons. The lowest BCUT2D eigenvalue weighted by Gasteiger charge is -2.20. The topological polar surface area (TPSA) is 9.23 Å². The zero-order valence-electron chi connectivity index (χ0n) is 10.2. The van der Waals surface area contributed by atoms with E-state index in [1.807, 2.05) is 0 Å². The standard InChI is InChI=1S/C15H16O/c1-9-6-8-12-13-11(9)7-5-10(2)14(13)16-15(12,3)4/h5-8H,1-4H3. The van der Waals surface area contributed by atoms with Gasteiger partial charge >= 0.3 is 0 Å². The Morgan fingerprint density at radius 1 is 0.938 bits per heavy atom. The second-order valence-corrected chi connectivity index (χ2v) is 5.18. The molecule has 1 heterocycles. The molecule has 2 aromatic rings. The van der Waals surface area contributed by atoms with Gasteiger partial charge < -0.3 is 4.74 Å². The van der Waals surface area contributed by atoms with Crippen molar-refractivity contribution in [2.24, 2.45) is 0 Å². The van der Waals surface area contributed by atoms with Crippen LogP contribution in [0.25, 0.3) is 10.8 Å². The van der Waals surface area contributed by atoms with E-state index in [0.29, 0.717) is 0 Å². The van der Waals surface area contributed by atoms with Gasteiger partial charge in [0.25, 0.3) is 0 Å². The molecule has 0 saturated heterocycles. The van der Waals surface area contributed by atoms with Gasteiger partial charge in [-0.25, -0.2) is 0 Å². The summed E-state index contributed by atoms with van der Waals surface area (Å²) < 4.78 is 6.10. The van der Waals surface area contributed by atoms with Crippen LogP contribution in [0.5, 0.6) is 5.75 Å². The Morgan fingerprint density at radius 3 is 2.38 bits per heavy atom. The van der Waals surface area contributed by atoms with Gasteiger partial charge in [0.1, 0.15) is 11.4 Å². The molecule has 0 saturated carbocycles. The number of aryl methyl sites for hydroxylation is 2. The second-order valence-electron chi connectivity index (χ2n) is 5.18. The minimum absolute atomic E-state index is 0.194. The Labute approximate surface area is 96.0 Å². The van der Waals surface area contributed by atoms with Gasteiger partial charge in [0.2, 0.25) is 0 Å². The van der Waals surface area contributed by atoms with E-state index in [-0.39, 0.29) is 5.60 Å². The molecular formula is C15H16O. The third-order valence-electron chi connectivity index (χ3n) is 3.55. The van der Waals surface area contributed by atoms with Gasteiger partial charge in [-0.05, 0) is 44.2 Å². The Hall–Kier alpha value is -1.50. The molecule has 1 aliphatic heterocycles. The normalized spacial score (nSPS) is 16.5. The highest BCUT2D eigenvalue weighted by Gasteiger charge is 2.33. The van der Waals surface area contributed by atoms with Crippen LogP contribution in [0, 0.1) is 13.8 Å². The lowest BCUT2D eigenvalue weighted by atomic mass is 9.92. The molecule has 2 aromatic carbocycles. The van der Waals surface area contributed by atoms with Crippen molar-refractivity contribution in [2.75, 3.05) is 0 Å². The molecule has 0 amide bonds. The summed E-state index contributed by atoms with van der Waals surface area (Å²) in [6, 6.07) is 8.74. The van der Waals surface area contributed by atoms with E-state index in [1.54, 1.807) is 0 Å². The van der Waals surface area contributed by atoms with Crippen LogP contribution in [0.3, 0.4) is 0 Å². The van der Waals surface area contributed by atoms with E-state index < -0.39 is 0 Å². The molecule has 0 fully saturated rings. The molecule has 0 atom stereocenters. The van der Waals surface area contributed by atoms with Gasteiger partial charge in [0, 0.05) is 10.9 Å². The molecule has 0 bridgehead atoms. The fourth-order valence-electron chi connectivity index (χ4n) is 2.61. The van der Waals surface area contributed by atoms with Gasteiger partial charge in [-0.2, -0.15) is 0 Å². The van der Waals surface area contributed by atoms with E-state index in [1.165, 1.54) is 27.5 Å². The van der Waals surface area contributed by atoms with Gasteiger partial charge in [0.05, 0.1) is 0 Å². The highest BCUT2D eigenvalue weighted by molar-refractivity contribution is 5.96. The lowest BCUT2D eigenvalue weighted by Crippen LogP contribution is -2.20. The summed E-state index contributed by atoms with van der Waals surface area (Å²) in [5.41, 5.74) is 3.67. The van der Waals surface area contributed by atoms with Crippen LogP contribution >= 0.6 is 0 Å². The summed E-state index contributed by atoms with van der Waals surface area (Å²) in [6.45, 7) is 8.54. The summed E-state index contributed by atoms with van der Waals surface area (Å²) in [4.78, 5) is 0. The Balaban J connectivity index is 2.53. The fraction of sp³-hybridized carbons (Fsp3) is 0.333. The maximum atomic E-state index is 6.10. The van der Waals surface area contributed by atoms with Crippen LogP contribution in [0.2, 0.25) is 0 Å². The molecule has 1 aliphatic rings. The van der Waals surface area contributed by atoms with Crippen LogP contribution in [0.15, 0.2) is 24.3 Å². The van der Waals surface area contributed by atoms with Crippen molar-refractivity contribution in [1.82, 2.24) is 0 Å². The first-order chi connectivity index (χ1) is 7.50. The van der Waals surface area contributed by atoms with E-state index >= 15 is 0 Å². The summed E-state index contributed by atoms with van der Waals surface area (Å²) in [5, 5.41) is 2.63. The summed E-state index contributed by atoms with van der Waals surface area (Å²) >= 11 is 0. The van der Waals surface area contributed by atoms with Crippen molar-refractivity contribution >= 4 is 10.8 Å². The molecule has 0 spiro atoms. The monoisotopic (exact) mass is 212 g/mol. The molecule has 82 valence electrons. The second kappa shape index (κ2) is 2.79. The van der Waals surface area contributed by atoms with Gasteiger partial charge in [-0.1, -0.05) is 24.3 Å². The van der Waals surface area contributed by atoms with E-state index in [2.05, 4.69) is 52.0 Å². The fourth-order valence-corrected chi connectivity index (χ4v) is 2.61. The van der Waals surface area contributed by atoms with Crippen LogP contribution in [-0.2, 0) is 5.60 Å². The summed E-state index contributed by atoms with van der Waals surface area (Å²) in [6.07, 6.45) is 0. The Bertz CT molecular complexity index is 594. The maximum absolute atomic E-state index is 6.10. The number of benzene rings is 2. The molecular weight excluding hydrogens is 196 g/mol. The predicted molar refractivity (Wildman–Crippen MR) is 67.1 cm³/mol. The van der Waals surface area contributed by atoms with Crippen molar-refractivity contribution < 1.29 is 4.74 Å².